The van der Waals surface area contributed by atoms with E-state index in [1.807, 2.05) is 12.4 Å². The van der Waals surface area contributed by atoms with Crippen molar-refractivity contribution in [3.05, 3.63) is 52.3 Å². The number of hydrogen-bond acceptors (Lipinski definition) is 1. The predicted molar refractivity (Wildman–Crippen MR) is 67.0 cm³/mol. The first-order valence-electron chi connectivity index (χ1n) is 4.87. The fourth-order valence-corrected chi connectivity index (χ4v) is 1.67. The minimum atomic E-state index is 0.852. The fourth-order valence-electron chi connectivity index (χ4n) is 1.43. The van der Waals surface area contributed by atoms with Crippen molar-refractivity contribution in [2.24, 2.45) is 0 Å². The second-order valence-corrected chi connectivity index (χ2v) is 4.39. The first-order valence-corrected chi connectivity index (χ1v) is 5.67. The number of halogens is 1. The smallest absolute Gasteiger partial charge is 0.0415 e. The number of nitrogens with one attached hydrogen (secondary N) is 2. The van der Waals surface area contributed by atoms with Crippen molar-refractivity contribution >= 4 is 21.6 Å². The van der Waals surface area contributed by atoms with Crippen molar-refractivity contribution in [1.82, 2.24) is 4.98 Å². The molecule has 0 aliphatic rings. The maximum atomic E-state index is 3.49. The van der Waals surface area contributed by atoms with Crippen LogP contribution in [0.4, 0.5) is 5.69 Å². The highest BCUT2D eigenvalue weighted by Crippen LogP contribution is 2.20. The Bertz CT molecular complexity index is 435. The summed E-state index contributed by atoms with van der Waals surface area (Å²) in [5, 5.41) is 3.37. The van der Waals surface area contributed by atoms with Crippen LogP contribution in [0, 0.1) is 6.92 Å². The number of aromatic nitrogens is 1. The van der Waals surface area contributed by atoms with Gasteiger partial charge in [0.15, 0.2) is 0 Å². The van der Waals surface area contributed by atoms with Crippen molar-refractivity contribution < 1.29 is 0 Å². The molecule has 0 saturated carbocycles. The molecule has 0 bridgehead atoms. The zero-order valence-corrected chi connectivity index (χ0v) is 10.1. The van der Waals surface area contributed by atoms with Crippen LogP contribution in [0.1, 0.15) is 11.1 Å². The Labute approximate surface area is 97.8 Å². The van der Waals surface area contributed by atoms with E-state index in [9.17, 15) is 0 Å². The molecular formula is C12H13BrN2. The summed E-state index contributed by atoms with van der Waals surface area (Å²) in [6.45, 7) is 2.94. The largest absolute Gasteiger partial charge is 0.381 e. The molecule has 0 radical (unpaired) electrons. The van der Waals surface area contributed by atoms with Crippen LogP contribution in [0.3, 0.4) is 0 Å². The van der Waals surface area contributed by atoms with E-state index < -0.39 is 0 Å². The first kappa shape index (κ1) is 10.3. The van der Waals surface area contributed by atoms with Gasteiger partial charge in [-0.3, -0.25) is 0 Å². The van der Waals surface area contributed by atoms with E-state index in [0.717, 1.165) is 16.7 Å². The summed E-state index contributed by atoms with van der Waals surface area (Å²) in [6, 6.07) is 8.34. The van der Waals surface area contributed by atoms with E-state index in [1.165, 1.54) is 11.1 Å². The lowest BCUT2D eigenvalue weighted by Gasteiger charge is -2.06. The summed E-state index contributed by atoms with van der Waals surface area (Å²) in [7, 11) is 0. The van der Waals surface area contributed by atoms with Crippen LogP contribution in [0.2, 0.25) is 0 Å². The molecule has 15 heavy (non-hydrogen) atoms. The number of hydrogen-bond donors (Lipinski definition) is 2. The summed E-state index contributed by atoms with van der Waals surface area (Å²) in [5.74, 6) is 0. The minimum Gasteiger partial charge on any atom is -0.381 e. The van der Waals surface area contributed by atoms with Gasteiger partial charge in [0, 0.05) is 29.1 Å². The van der Waals surface area contributed by atoms with Gasteiger partial charge in [-0.25, -0.2) is 0 Å². The monoisotopic (exact) mass is 264 g/mol. The lowest BCUT2D eigenvalue weighted by atomic mass is 10.2. The van der Waals surface area contributed by atoms with E-state index in [2.05, 4.69) is 57.4 Å². The fraction of sp³-hybridized carbons (Fsp3) is 0.167. The van der Waals surface area contributed by atoms with E-state index >= 15 is 0 Å². The molecule has 0 unspecified atom stereocenters. The molecule has 2 N–H and O–H groups in total. The van der Waals surface area contributed by atoms with Gasteiger partial charge in [0.05, 0.1) is 0 Å². The molecule has 3 heteroatoms. The number of benzene rings is 1. The molecule has 1 aromatic carbocycles. The van der Waals surface area contributed by atoms with Gasteiger partial charge in [-0.2, -0.15) is 0 Å². The maximum Gasteiger partial charge on any atom is 0.0415 e. The molecule has 0 saturated heterocycles. The average Bonchev–Trinajstić information content (AvgIpc) is 2.73. The molecule has 78 valence electrons. The Morgan fingerprint density at radius 3 is 2.87 bits per heavy atom. The van der Waals surface area contributed by atoms with Crippen LogP contribution in [-0.4, -0.2) is 4.98 Å². The van der Waals surface area contributed by atoms with Crippen LogP contribution < -0.4 is 5.32 Å². The molecule has 2 aromatic rings. The van der Waals surface area contributed by atoms with Crippen molar-refractivity contribution in [3.8, 4) is 0 Å². The number of H-pyrrole nitrogens is 1. The molecular weight excluding hydrogens is 252 g/mol. The van der Waals surface area contributed by atoms with E-state index in [0.29, 0.717) is 0 Å². The molecule has 0 aliphatic carbocycles. The predicted octanol–water partition coefficient (Wildman–Crippen LogP) is 3.70. The van der Waals surface area contributed by atoms with Gasteiger partial charge in [0.1, 0.15) is 0 Å². The topological polar surface area (TPSA) is 27.8 Å². The third-order valence-corrected chi connectivity index (χ3v) is 3.21. The Morgan fingerprint density at radius 2 is 2.20 bits per heavy atom. The summed E-state index contributed by atoms with van der Waals surface area (Å²) in [5.41, 5.74) is 3.65. The van der Waals surface area contributed by atoms with E-state index in [4.69, 9.17) is 0 Å². The Balaban J connectivity index is 2.02. The Hall–Kier alpha value is -1.22. The standard InChI is InChI=1S/C12H13BrN2/c1-9-6-11(2-3-12(9)13)15-8-10-4-5-14-7-10/h2-7,14-15H,8H2,1H3. The van der Waals surface area contributed by atoms with E-state index in [-0.39, 0.29) is 0 Å². The lowest BCUT2D eigenvalue weighted by molar-refractivity contribution is 1.15. The van der Waals surface area contributed by atoms with Gasteiger partial charge in [-0.05, 0) is 42.3 Å². The zero-order chi connectivity index (χ0) is 10.7. The van der Waals surface area contributed by atoms with Gasteiger partial charge >= 0.3 is 0 Å². The molecule has 1 heterocycles. The van der Waals surface area contributed by atoms with E-state index in [1.54, 1.807) is 0 Å². The maximum absolute atomic E-state index is 3.49. The molecule has 2 nitrogen and oxygen atoms in total. The van der Waals surface area contributed by atoms with Crippen LogP contribution in [0.5, 0.6) is 0 Å². The number of aryl methyl sites for hydroxylation is 1. The van der Waals surface area contributed by atoms with Crippen molar-refractivity contribution in [3.63, 3.8) is 0 Å². The third-order valence-electron chi connectivity index (χ3n) is 2.32. The van der Waals surface area contributed by atoms with Crippen LogP contribution >= 0.6 is 15.9 Å². The highest BCUT2D eigenvalue weighted by Gasteiger charge is 1.97. The highest BCUT2D eigenvalue weighted by atomic mass is 79.9. The van der Waals surface area contributed by atoms with Crippen molar-refractivity contribution in [1.29, 1.82) is 0 Å². The molecule has 2 rings (SSSR count). The van der Waals surface area contributed by atoms with Crippen molar-refractivity contribution in [2.75, 3.05) is 5.32 Å². The Morgan fingerprint density at radius 1 is 1.33 bits per heavy atom. The zero-order valence-electron chi connectivity index (χ0n) is 8.55. The quantitative estimate of drug-likeness (QED) is 0.870. The van der Waals surface area contributed by atoms with Gasteiger partial charge in [-0.1, -0.05) is 15.9 Å². The third kappa shape index (κ3) is 2.63. The molecule has 0 amide bonds. The van der Waals surface area contributed by atoms with Crippen LogP contribution in [0.15, 0.2) is 41.1 Å². The van der Waals surface area contributed by atoms with Gasteiger partial charge in [0.2, 0.25) is 0 Å². The van der Waals surface area contributed by atoms with Gasteiger partial charge in [-0.15, -0.1) is 0 Å². The van der Waals surface area contributed by atoms with Crippen LogP contribution in [0.25, 0.3) is 0 Å². The molecule has 0 atom stereocenters. The molecule has 1 aromatic heterocycles. The SMILES string of the molecule is Cc1cc(NCc2cc[nH]c2)ccc1Br. The van der Waals surface area contributed by atoms with Gasteiger partial charge in [0.25, 0.3) is 0 Å². The second-order valence-electron chi connectivity index (χ2n) is 3.54. The number of rotatable bonds is 3. The highest BCUT2D eigenvalue weighted by molar-refractivity contribution is 9.10. The normalized spacial score (nSPS) is 10.3. The van der Waals surface area contributed by atoms with Crippen LogP contribution in [-0.2, 0) is 6.54 Å². The molecule has 0 aliphatic heterocycles. The van der Waals surface area contributed by atoms with Gasteiger partial charge < -0.3 is 10.3 Å². The summed E-state index contributed by atoms with van der Waals surface area (Å²) in [6.07, 6.45) is 3.93. The summed E-state index contributed by atoms with van der Waals surface area (Å²) < 4.78 is 1.15. The van der Waals surface area contributed by atoms with Crippen molar-refractivity contribution in [2.45, 2.75) is 13.5 Å². The average molecular weight is 265 g/mol. The number of aromatic amines is 1. The summed E-state index contributed by atoms with van der Waals surface area (Å²) >= 11 is 3.49. The first-order chi connectivity index (χ1) is 7.25. The molecule has 0 fully saturated rings. The number of anilines is 1. The second kappa shape index (κ2) is 4.53. The molecule has 0 spiro atoms. The summed E-state index contributed by atoms with van der Waals surface area (Å²) in [4.78, 5) is 3.04. The minimum absolute atomic E-state index is 0.852. The Kier molecular flexibility index (Phi) is 3.11. The lowest BCUT2D eigenvalue weighted by Crippen LogP contribution is -1.98.